The van der Waals surface area contributed by atoms with Crippen molar-refractivity contribution < 1.29 is 4.79 Å². The van der Waals surface area contributed by atoms with Crippen LogP contribution in [-0.2, 0) is 4.79 Å². The molecular weight excluding hydrogens is 198 g/mol. The Labute approximate surface area is 97.4 Å². The van der Waals surface area contributed by atoms with Crippen LogP contribution in [0.1, 0.15) is 37.8 Å². The highest BCUT2D eigenvalue weighted by atomic mass is 16.1. The van der Waals surface area contributed by atoms with E-state index in [2.05, 4.69) is 43.4 Å². The zero-order valence-electron chi connectivity index (χ0n) is 10.2. The molecule has 0 bridgehead atoms. The summed E-state index contributed by atoms with van der Waals surface area (Å²) in [5.41, 5.74) is 2.56. The van der Waals surface area contributed by atoms with Crippen molar-refractivity contribution in [1.29, 1.82) is 0 Å². The second-order valence-corrected chi connectivity index (χ2v) is 4.12. The number of hydrogen-bond acceptors (Lipinski definition) is 1. The molecule has 0 unspecified atom stereocenters. The highest BCUT2D eigenvalue weighted by molar-refractivity contribution is 5.73. The van der Waals surface area contributed by atoms with Crippen molar-refractivity contribution in [3.05, 3.63) is 41.5 Å². The molecule has 0 aliphatic rings. The molecule has 0 radical (unpaired) electrons. The monoisotopic (exact) mass is 217 g/mol. The lowest BCUT2D eigenvalue weighted by Gasteiger charge is -2.09. The van der Waals surface area contributed by atoms with Gasteiger partial charge < -0.3 is 5.32 Å². The molecule has 86 valence electrons. The molecular formula is C14H19NO. The number of rotatable bonds is 4. The number of nitrogens with one attached hydrogen (secondary N) is 1. The smallest absolute Gasteiger partial charge is 0.217 e. The summed E-state index contributed by atoms with van der Waals surface area (Å²) in [7, 11) is 0. The van der Waals surface area contributed by atoms with Crippen LogP contribution < -0.4 is 5.32 Å². The van der Waals surface area contributed by atoms with Gasteiger partial charge in [0.2, 0.25) is 5.91 Å². The molecule has 2 nitrogen and oxygen atoms in total. The van der Waals surface area contributed by atoms with Gasteiger partial charge in [0.1, 0.15) is 0 Å². The quantitative estimate of drug-likeness (QED) is 0.825. The Morgan fingerprint density at radius 1 is 1.38 bits per heavy atom. The summed E-state index contributed by atoms with van der Waals surface area (Å²) in [4.78, 5) is 10.7. The van der Waals surface area contributed by atoms with E-state index in [1.54, 1.807) is 0 Å². The van der Waals surface area contributed by atoms with Gasteiger partial charge in [0.05, 0.1) is 0 Å². The fourth-order valence-corrected chi connectivity index (χ4v) is 1.58. The minimum atomic E-state index is 0.00166. The third-order valence-corrected chi connectivity index (χ3v) is 2.38. The van der Waals surface area contributed by atoms with Crippen LogP contribution in [0.5, 0.6) is 0 Å². The van der Waals surface area contributed by atoms with Crippen molar-refractivity contribution >= 4 is 12.0 Å². The van der Waals surface area contributed by atoms with Gasteiger partial charge in [-0.25, -0.2) is 0 Å². The second kappa shape index (κ2) is 6.11. The van der Waals surface area contributed by atoms with E-state index >= 15 is 0 Å². The van der Waals surface area contributed by atoms with Gasteiger partial charge in [0.15, 0.2) is 0 Å². The molecule has 0 saturated heterocycles. The number of carbonyl (C=O) groups is 1. The van der Waals surface area contributed by atoms with Crippen LogP contribution in [0.3, 0.4) is 0 Å². The molecule has 2 heteroatoms. The summed E-state index contributed by atoms with van der Waals surface area (Å²) in [6.45, 7) is 6.47. The molecule has 0 aromatic heterocycles. The van der Waals surface area contributed by atoms with E-state index < -0.39 is 0 Å². The Hall–Kier alpha value is -1.57. The lowest BCUT2D eigenvalue weighted by atomic mass is 9.97. The fourth-order valence-electron chi connectivity index (χ4n) is 1.58. The molecule has 0 atom stereocenters. The first-order valence-corrected chi connectivity index (χ1v) is 5.61. The van der Waals surface area contributed by atoms with Gasteiger partial charge in [-0.2, -0.15) is 0 Å². The van der Waals surface area contributed by atoms with Crippen molar-refractivity contribution in [3.8, 4) is 0 Å². The maximum absolute atomic E-state index is 10.7. The average Bonchev–Trinajstić information content (AvgIpc) is 2.24. The van der Waals surface area contributed by atoms with E-state index in [-0.39, 0.29) is 5.91 Å². The topological polar surface area (TPSA) is 29.1 Å². The van der Waals surface area contributed by atoms with Crippen LogP contribution in [0.15, 0.2) is 30.3 Å². The first-order valence-electron chi connectivity index (χ1n) is 5.61. The van der Waals surface area contributed by atoms with Crippen LogP contribution in [0.2, 0.25) is 0 Å². The Balaban J connectivity index is 2.69. The molecule has 1 amide bonds. The molecule has 0 heterocycles. The van der Waals surface area contributed by atoms with E-state index in [0.717, 1.165) is 0 Å². The lowest BCUT2D eigenvalue weighted by molar-refractivity contribution is -0.118. The van der Waals surface area contributed by atoms with Gasteiger partial charge in [-0.1, -0.05) is 50.3 Å². The summed E-state index contributed by atoms with van der Waals surface area (Å²) >= 11 is 0. The van der Waals surface area contributed by atoms with Gasteiger partial charge >= 0.3 is 0 Å². The Bertz CT molecular complexity index is 380. The summed E-state index contributed by atoms with van der Waals surface area (Å²) in [6, 6.07) is 8.33. The Morgan fingerprint density at radius 3 is 2.69 bits per heavy atom. The van der Waals surface area contributed by atoms with Crippen LogP contribution in [-0.4, -0.2) is 12.5 Å². The maximum atomic E-state index is 10.7. The van der Waals surface area contributed by atoms with Gasteiger partial charge in [0.25, 0.3) is 0 Å². The summed E-state index contributed by atoms with van der Waals surface area (Å²) in [5.74, 6) is 0.517. The van der Waals surface area contributed by atoms with Gasteiger partial charge in [0, 0.05) is 13.5 Å². The molecule has 1 rings (SSSR count). The van der Waals surface area contributed by atoms with Crippen LogP contribution in [0.25, 0.3) is 6.08 Å². The molecule has 1 aromatic carbocycles. The molecule has 1 aromatic rings. The zero-order valence-corrected chi connectivity index (χ0v) is 10.2. The molecule has 0 saturated carbocycles. The summed E-state index contributed by atoms with van der Waals surface area (Å²) in [6.07, 6.45) is 4.04. The van der Waals surface area contributed by atoms with Gasteiger partial charge in [-0.15, -0.1) is 0 Å². The predicted octanol–water partition coefficient (Wildman–Crippen LogP) is 2.96. The molecule has 1 N–H and O–H groups in total. The SMILES string of the molecule is CC(=O)NCC=Cc1ccccc1C(C)C. The van der Waals surface area contributed by atoms with Crippen LogP contribution >= 0.6 is 0 Å². The third kappa shape index (κ3) is 3.89. The number of hydrogen-bond donors (Lipinski definition) is 1. The number of amides is 1. The first kappa shape index (κ1) is 12.5. The zero-order chi connectivity index (χ0) is 12.0. The molecule has 0 fully saturated rings. The highest BCUT2D eigenvalue weighted by Crippen LogP contribution is 2.19. The van der Waals surface area contributed by atoms with E-state index in [4.69, 9.17) is 0 Å². The molecule has 0 aliphatic carbocycles. The van der Waals surface area contributed by atoms with E-state index in [0.29, 0.717) is 12.5 Å². The van der Waals surface area contributed by atoms with Crippen LogP contribution in [0.4, 0.5) is 0 Å². The van der Waals surface area contributed by atoms with Crippen molar-refractivity contribution in [3.63, 3.8) is 0 Å². The van der Waals surface area contributed by atoms with Crippen molar-refractivity contribution in [2.75, 3.05) is 6.54 Å². The van der Waals surface area contributed by atoms with Crippen molar-refractivity contribution in [1.82, 2.24) is 5.32 Å². The Morgan fingerprint density at radius 2 is 2.06 bits per heavy atom. The molecule has 16 heavy (non-hydrogen) atoms. The van der Waals surface area contributed by atoms with Crippen molar-refractivity contribution in [2.45, 2.75) is 26.7 Å². The van der Waals surface area contributed by atoms with E-state index in [1.165, 1.54) is 18.1 Å². The second-order valence-electron chi connectivity index (χ2n) is 4.12. The maximum Gasteiger partial charge on any atom is 0.217 e. The largest absolute Gasteiger partial charge is 0.353 e. The lowest BCUT2D eigenvalue weighted by Crippen LogP contribution is -2.19. The summed E-state index contributed by atoms with van der Waals surface area (Å²) in [5, 5.41) is 2.74. The van der Waals surface area contributed by atoms with E-state index in [1.807, 2.05) is 12.1 Å². The minimum absolute atomic E-state index is 0.00166. The van der Waals surface area contributed by atoms with Crippen molar-refractivity contribution in [2.24, 2.45) is 0 Å². The minimum Gasteiger partial charge on any atom is -0.353 e. The average molecular weight is 217 g/mol. The van der Waals surface area contributed by atoms with Gasteiger partial charge in [-0.3, -0.25) is 4.79 Å². The molecule has 0 spiro atoms. The van der Waals surface area contributed by atoms with Gasteiger partial charge in [-0.05, 0) is 17.0 Å². The fraction of sp³-hybridized carbons (Fsp3) is 0.357. The first-order chi connectivity index (χ1) is 7.61. The normalized spacial score (nSPS) is 11.0. The molecule has 0 aliphatic heterocycles. The van der Waals surface area contributed by atoms with E-state index in [9.17, 15) is 4.79 Å². The Kier molecular flexibility index (Phi) is 4.77. The van der Waals surface area contributed by atoms with Crippen LogP contribution in [0, 0.1) is 0 Å². The number of carbonyl (C=O) groups excluding carboxylic acids is 1. The highest BCUT2D eigenvalue weighted by Gasteiger charge is 2.02. The predicted molar refractivity (Wildman–Crippen MR) is 68.2 cm³/mol. The number of benzene rings is 1. The standard InChI is InChI=1S/C14H19NO/c1-11(2)14-9-5-4-7-13(14)8-6-10-15-12(3)16/h4-9,11H,10H2,1-3H3,(H,15,16). The third-order valence-electron chi connectivity index (χ3n) is 2.38. The summed E-state index contributed by atoms with van der Waals surface area (Å²) < 4.78 is 0.